The lowest BCUT2D eigenvalue weighted by Crippen LogP contribution is -2.58. The van der Waals surface area contributed by atoms with Crippen molar-refractivity contribution in [3.63, 3.8) is 0 Å². The zero-order chi connectivity index (χ0) is 27.3. The number of rotatable bonds is 8. The lowest BCUT2D eigenvalue weighted by Gasteiger charge is -2.36. The van der Waals surface area contributed by atoms with Crippen LogP contribution in [-0.2, 0) is 19.4 Å². The fourth-order valence-corrected chi connectivity index (χ4v) is 5.38. The highest BCUT2D eigenvalue weighted by Crippen LogP contribution is 2.19. The van der Waals surface area contributed by atoms with Gasteiger partial charge in [-0.25, -0.2) is 12.8 Å². The standard InChI is InChI=1S/C26H26FN3O7S/c1-18-4-2-5-20(16-18)37-17-23(31)29-11-13-30(14-12-29)26(33)25(28-24(32)22-6-3-15-36-22)38(34,35)21-9-7-19(27)8-10-21/h2-10,15-16,25H,11-14,17H2,1H3,(H,28,32)/t25-/m1/s1. The van der Waals surface area contributed by atoms with E-state index < -0.39 is 32.8 Å². The SMILES string of the molecule is Cc1cccc(OCC(=O)N2CCN(C(=O)[C@H](NC(=O)c3ccco3)S(=O)(=O)c3ccc(F)cc3)CC2)c1. The maximum Gasteiger partial charge on any atom is 0.288 e. The third-order valence-corrected chi connectivity index (χ3v) is 7.85. The van der Waals surface area contributed by atoms with Crippen LogP contribution in [0.4, 0.5) is 4.39 Å². The van der Waals surface area contributed by atoms with E-state index in [4.69, 9.17) is 9.15 Å². The van der Waals surface area contributed by atoms with Crippen molar-refractivity contribution in [2.75, 3.05) is 32.8 Å². The highest BCUT2D eigenvalue weighted by atomic mass is 32.2. The Morgan fingerprint density at radius 1 is 1.00 bits per heavy atom. The van der Waals surface area contributed by atoms with Crippen LogP contribution in [0, 0.1) is 12.7 Å². The van der Waals surface area contributed by atoms with Crippen molar-refractivity contribution in [3.05, 3.63) is 84.1 Å². The molecule has 1 saturated heterocycles. The summed E-state index contributed by atoms with van der Waals surface area (Å²) in [7, 11) is -4.46. The van der Waals surface area contributed by atoms with E-state index in [1.165, 1.54) is 28.2 Å². The van der Waals surface area contributed by atoms with Gasteiger partial charge in [0.15, 0.2) is 12.4 Å². The largest absolute Gasteiger partial charge is 0.484 e. The molecule has 0 bridgehead atoms. The van der Waals surface area contributed by atoms with Gasteiger partial charge in [-0.2, -0.15) is 0 Å². The zero-order valence-corrected chi connectivity index (χ0v) is 21.3. The smallest absolute Gasteiger partial charge is 0.288 e. The molecule has 1 atom stereocenters. The van der Waals surface area contributed by atoms with Gasteiger partial charge >= 0.3 is 0 Å². The molecule has 12 heteroatoms. The van der Waals surface area contributed by atoms with Gasteiger partial charge in [0, 0.05) is 26.2 Å². The van der Waals surface area contributed by atoms with Crippen LogP contribution in [0.25, 0.3) is 0 Å². The van der Waals surface area contributed by atoms with E-state index in [9.17, 15) is 27.2 Å². The third kappa shape index (κ3) is 6.20. The molecule has 200 valence electrons. The topological polar surface area (TPSA) is 126 Å². The van der Waals surface area contributed by atoms with Crippen LogP contribution in [0.5, 0.6) is 5.75 Å². The number of nitrogens with zero attached hydrogens (tertiary/aromatic N) is 2. The molecular formula is C26H26FN3O7S. The van der Waals surface area contributed by atoms with Crippen molar-refractivity contribution in [2.45, 2.75) is 17.2 Å². The maximum atomic E-state index is 13.4. The van der Waals surface area contributed by atoms with Crippen LogP contribution < -0.4 is 10.1 Å². The summed E-state index contributed by atoms with van der Waals surface area (Å²) >= 11 is 0. The van der Waals surface area contributed by atoms with Crippen molar-refractivity contribution in [1.29, 1.82) is 0 Å². The Hall–Kier alpha value is -4.19. The number of aryl methyl sites for hydroxylation is 1. The number of hydrogen-bond acceptors (Lipinski definition) is 7. The van der Waals surface area contributed by atoms with Crippen LogP contribution in [-0.4, -0.2) is 74.1 Å². The van der Waals surface area contributed by atoms with Gasteiger partial charge in [-0.15, -0.1) is 0 Å². The second-order valence-electron chi connectivity index (χ2n) is 8.64. The number of benzene rings is 2. The Bertz CT molecular complexity index is 1400. The van der Waals surface area contributed by atoms with Crippen molar-refractivity contribution in [3.8, 4) is 5.75 Å². The molecule has 1 N–H and O–H groups in total. The van der Waals surface area contributed by atoms with Gasteiger partial charge in [-0.1, -0.05) is 12.1 Å². The molecule has 1 aliphatic heterocycles. The molecule has 38 heavy (non-hydrogen) atoms. The highest BCUT2D eigenvalue weighted by Gasteiger charge is 2.40. The van der Waals surface area contributed by atoms with Gasteiger partial charge in [0.25, 0.3) is 17.7 Å². The molecule has 1 fully saturated rings. The number of sulfone groups is 1. The molecule has 10 nitrogen and oxygen atoms in total. The van der Waals surface area contributed by atoms with Gasteiger partial charge in [0.05, 0.1) is 11.2 Å². The average Bonchev–Trinajstić information content (AvgIpc) is 3.45. The van der Waals surface area contributed by atoms with Gasteiger partial charge < -0.3 is 24.3 Å². The highest BCUT2D eigenvalue weighted by molar-refractivity contribution is 7.92. The van der Waals surface area contributed by atoms with Gasteiger partial charge in [-0.05, 0) is 61.0 Å². The van der Waals surface area contributed by atoms with E-state index in [0.717, 1.165) is 29.8 Å². The lowest BCUT2D eigenvalue weighted by atomic mass is 10.2. The summed E-state index contributed by atoms with van der Waals surface area (Å²) in [5.74, 6) is -2.33. The number of carbonyl (C=O) groups excluding carboxylic acids is 3. The normalized spacial score (nSPS) is 14.6. The summed E-state index contributed by atoms with van der Waals surface area (Å²) in [6.07, 6.45) is 1.24. The summed E-state index contributed by atoms with van der Waals surface area (Å²) in [6, 6.07) is 14.0. The van der Waals surface area contributed by atoms with Crippen LogP contribution in [0.2, 0.25) is 0 Å². The summed E-state index contributed by atoms with van der Waals surface area (Å²) in [4.78, 5) is 41.1. The number of carbonyl (C=O) groups is 3. The molecular weight excluding hydrogens is 517 g/mol. The molecule has 0 aliphatic carbocycles. The predicted octanol–water partition coefficient (Wildman–Crippen LogP) is 2.01. The van der Waals surface area contributed by atoms with E-state index in [-0.39, 0.29) is 49.3 Å². The van der Waals surface area contributed by atoms with Crippen molar-refractivity contribution >= 4 is 27.6 Å². The third-order valence-electron chi connectivity index (χ3n) is 5.98. The number of furan rings is 1. The van der Waals surface area contributed by atoms with Gasteiger partial charge in [-0.3, -0.25) is 14.4 Å². The molecule has 3 amide bonds. The number of amides is 3. The van der Waals surface area contributed by atoms with Crippen LogP contribution in [0.15, 0.2) is 76.2 Å². The van der Waals surface area contributed by atoms with Gasteiger partial charge in [0.2, 0.25) is 15.2 Å². The van der Waals surface area contributed by atoms with E-state index in [2.05, 4.69) is 5.32 Å². The zero-order valence-electron chi connectivity index (χ0n) is 20.5. The van der Waals surface area contributed by atoms with Crippen molar-refractivity contribution in [1.82, 2.24) is 15.1 Å². The Morgan fingerprint density at radius 3 is 2.32 bits per heavy atom. The number of nitrogens with one attached hydrogen (secondary N) is 1. The van der Waals surface area contributed by atoms with E-state index in [1.54, 1.807) is 6.07 Å². The second kappa shape index (κ2) is 11.5. The molecule has 0 saturated carbocycles. The summed E-state index contributed by atoms with van der Waals surface area (Å²) in [5, 5.41) is 0.252. The van der Waals surface area contributed by atoms with Crippen molar-refractivity contribution < 1.29 is 36.3 Å². The Morgan fingerprint density at radius 2 is 1.68 bits per heavy atom. The van der Waals surface area contributed by atoms with Crippen LogP contribution >= 0.6 is 0 Å². The second-order valence-corrected chi connectivity index (χ2v) is 10.7. The van der Waals surface area contributed by atoms with Crippen molar-refractivity contribution in [2.24, 2.45) is 0 Å². The minimum absolute atomic E-state index is 0.0427. The first-order valence-electron chi connectivity index (χ1n) is 11.7. The minimum atomic E-state index is -4.46. The summed E-state index contributed by atoms with van der Waals surface area (Å²) in [6.45, 7) is 2.11. The number of halogens is 1. The van der Waals surface area contributed by atoms with E-state index >= 15 is 0 Å². The molecule has 1 aromatic heterocycles. The first-order valence-corrected chi connectivity index (χ1v) is 13.3. The average molecular weight is 544 g/mol. The Kier molecular flexibility index (Phi) is 8.10. The Labute approximate surface area is 218 Å². The first kappa shape index (κ1) is 26.9. The summed E-state index contributed by atoms with van der Waals surface area (Å²) in [5.41, 5.74) is 0.992. The number of hydrogen-bond donors (Lipinski definition) is 1. The predicted molar refractivity (Wildman–Crippen MR) is 133 cm³/mol. The fraction of sp³-hybridized carbons (Fsp3) is 0.269. The molecule has 3 aromatic rings. The van der Waals surface area contributed by atoms with E-state index in [0.29, 0.717) is 5.75 Å². The van der Waals surface area contributed by atoms with Crippen LogP contribution in [0.3, 0.4) is 0 Å². The molecule has 2 aromatic carbocycles. The molecule has 0 radical (unpaired) electrons. The molecule has 0 spiro atoms. The first-order chi connectivity index (χ1) is 18.1. The van der Waals surface area contributed by atoms with Crippen LogP contribution in [0.1, 0.15) is 16.1 Å². The summed E-state index contributed by atoms with van der Waals surface area (Å²) < 4.78 is 50.7. The molecule has 0 unspecified atom stereocenters. The molecule has 1 aliphatic rings. The fourth-order valence-electron chi connectivity index (χ4n) is 3.91. The maximum absolute atomic E-state index is 13.4. The number of piperazine rings is 1. The minimum Gasteiger partial charge on any atom is -0.484 e. The quantitative estimate of drug-likeness (QED) is 0.431. The van der Waals surface area contributed by atoms with E-state index in [1.807, 2.05) is 25.1 Å². The monoisotopic (exact) mass is 543 g/mol. The Balaban J connectivity index is 1.44. The number of ether oxygens (including phenoxy) is 1. The molecule has 2 heterocycles. The molecule has 4 rings (SSSR count). The lowest BCUT2D eigenvalue weighted by molar-refractivity contribution is -0.140. The van der Waals surface area contributed by atoms with Gasteiger partial charge in [0.1, 0.15) is 11.6 Å².